The first-order valence-corrected chi connectivity index (χ1v) is 6.91. The molecule has 3 nitrogen and oxygen atoms in total. The Hall–Kier alpha value is -1.49. The van der Waals surface area contributed by atoms with Crippen LogP contribution in [-0.2, 0) is 0 Å². The minimum atomic E-state index is -0.866. The lowest BCUT2D eigenvalue weighted by Crippen LogP contribution is -2.37. The zero-order chi connectivity index (χ0) is 14.7. The van der Waals surface area contributed by atoms with Gasteiger partial charge in [0.25, 0.3) is 5.91 Å². The van der Waals surface area contributed by atoms with Gasteiger partial charge in [0.05, 0.1) is 6.10 Å². The molecule has 1 aromatic carbocycles. The molecule has 0 radical (unpaired) electrons. The van der Waals surface area contributed by atoms with Crippen LogP contribution in [0.3, 0.4) is 0 Å². The molecule has 1 fully saturated rings. The Bertz CT molecular complexity index is 505. The minimum Gasteiger partial charge on any atom is -0.393 e. The molecule has 1 amide bonds. The number of hydrogen-bond acceptors (Lipinski definition) is 2. The summed E-state index contributed by atoms with van der Waals surface area (Å²) in [6.07, 6.45) is 3.07. The van der Waals surface area contributed by atoms with Crippen molar-refractivity contribution in [2.75, 3.05) is 6.54 Å². The number of hydrogen-bond donors (Lipinski definition) is 2. The smallest absolute Gasteiger partial charge is 0.257 e. The maximum atomic E-state index is 13.8. The molecule has 0 heterocycles. The molecule has 2 atom stereocenters. The van der Waals surface area contributed by atoms with E-state index in [-0.39, 0.29) is 18.0 Å². The summed E-state index contributed by atoms with van der Waals surface area (Å²) >= 11 is 0. The molecule has 1 saturated carbocycles. The molecule has 0 saturated heterocycles. The fourth-order valence-corrected chi connectivity index (χ4v) is 2.60. The summed E-state index contributed by atoms with van der Waals surface area (Å²) in [4.78, 5) is 11.9. The van der Waals surface area contributed by atoms with Crippen molar-refractivity contribution in [3.8, 4) is 0 Å². The van der Waals surface area contributed by atoms with Crippen LogP contribution in [0.15, 0.2) is 12.1 Å². The van der Waals surface area contributed by atoms with E-state index < -0.39 is 29.2 Å². The number of carbonyl (C=O) groups is 1. The van der Waals surface area contributed by atoms with E-state index in [9.17, 15) is 18.7 Å². The predicted octanol–water partition coefficient (Wildman–Crippen LogP) is 2.55. The summed E-state index contributed by atoms with van der Waals surface area (Å²) in [6, 6.07) is 2.38. The molecule has 1 aliphatic rings. The van der Waals surface area contributed by atoms with E-state index in [1.54, 1.807) is 0 Å². The highest BCUT2D eigenvalue weighted by Gasteiger charge is 2.25. The van der Waals surface area contributed by atoms with Crippen molar-refractivity contribution in [2.45, 2.75) is 38.7 Å². The van der Waals surface area contributed by atoms with Gasteiger partial charge in [-0.25, -0.2) is 8.78 Å². The van der Waals surface area contributed by atoms with E-state index >= 15 is 0 Å². The predicted molar refractivity (Wildman–Crippen MR) is 71.4 cm³/mol. The fourth-order valence-electron chi connectivity index (χ4n) is 2.60. The van der Waals surface area contributed by atoms with Crippen molar-refractivity contribution in [1.82, 2.24) is 5.32 Å². The summed E-state index contributed by atoms with van der Waals surface area (Å²) in [6.45, 7) is 1.73. The number of aryl methyl sites for hydroxylation is 1. The summed E-state index contributed by atoms with van der Waals surface area (Å²) in [5, 5.41) is 12.3. The van der Waals surface area contributed by atoms with Crippen molar-refractivity contribution in [3.63, 3.8) is 0 Å². The first kappa shape index (κ1) is 14.9. The maximum Gasteiger partial charge on any atom is 0.257 e. The van der Waals surface area contributed by atoms with Crippen LogP contribution in [0.5, 0.6) is 0 Å². The van der Waals surface area contributed by atoms with Crippen LogP contribution in [0.25, 0.3) is 0 Å². The van der Waals surface area contributed by atoms with Crippen LogP contribution in [0, 0.1) is 24.5 Å². The second-order valence-corrected chi connectivity index (χ2v) is 5.38. The van der Waals surface area contributed by atoms with Crippen LogP contribution in [0.1, 0.15) is 41.6 Å². The Morgan fingerprint density at radius 1 is 1.35 bits per heavy atom. The van der Waals surface area contributed by atoms with Gasteiger partial charge in [0, 0.05) is 12.5 Å². The lowest BCUT2D eigenvalue weighted by molar-refractivity contribution is 0.0661. The fraction of sp³-hybridized carbons (Fsp3) is 0.533. The second kappa shape index (κ2) is 6.31. The van der Waals surface area contributed by atoms with Crippen LogP contribution < -0.4 is 5.32 Å². The monoisotopic (exact) mass is 283 g/mol. The Morgan fingerprint density at radius 3 is 2.75 bits per heavy atom. The Kier molecular flexibility index (Phi) is 4.70. The highest BCUT2D eigenvalue weighted by Crippen LogP contribution is 2.24. The summed E-state index contributed by atoms with van der Waals surface area (Å²) in [5.74, 6) is -2.49. The largest absolute Gasteiger partial charge is 0.393 e. The molecule has 5 heteroatoms. The lowest BCUT2D eigenvalue weighted by Gasteiger charge is -2.27. The molecule has 0 aromatic heterocycles. The van der Waals surface area contributed by atoms with Crippen molar-refractivity contribution >= 4 is 5.91 Å². The number of amides is 1. The molecule has 1 aromatic rings. The summed E-state index contributed by atoms with van der Waals surface area (Å²) < 4.78 is 27.4. The molecular weight excluding hydrogens is 264 g/mol. The van der Waals surface area contributed by atoms with Gasteiger partial charge in [0.15, 0.2) is 0 Å². The molecule has 2 N–H and O–H groups in total. The van der Waals surface area contributed by atoms with Gasteiger partial charge in [-0.2, -0.15) is 0 Å². The van der Waals surface area contributed by atoms with Crippen molar-refractivity contribution in [1.29, 1.82) is 0 Å². The molecule has 2 rings (SSSR count). The number of benzene rings is 1. The van der Waals surface area contributed by atoms with Gasteiger partial charge in [-0.1, -0.05) is 18.9 Å². The zero-order valence-corrected chi connectivity index (χ0v) is 11.5. The topological polar surface area (TPSA) is 49.3 Å². The van der Waals surface area contributed by atoms with Crippen LogP contribution in [0.4, 0.5) is 8.78 Å². The Labute approximate surface area is 117 Å². The minimum absolute atomic E-state index is 0.0383. The number of aliphatic hydroxyl groups excluding tert-OH is 1. The van der Waals surface area contributed by atoms with E-state index in [0.29, 0.717) is 6.42 Å². The van der Waals surface area contributed by atoms with Gasteiger partial charge in [0.2, 0.25) is 0 Å². The van der Waals surface area contributed by atoms with E-state index in [1.807, 2.05) is 0 Å². The maximum absolute atomic E-state index is 13.8. The van der Waals surface area contributed by atoms with E-state index in [2.05, 4.69) is 5.32 Å². The number of nitrogens with one attached hydrogen (secondary N) is 1. The molecule has 0 bridgehead atoms. The highest BCUT2D eigenvalue weighted by molar-refractivity contribution is 5.94. The Balaban J connectivity index is 2.03. The van der Waals surface area contributed by atoms with Gasteiger partial charge in [-0.3, -0.25) is 4.79 Å². The van der Waals surface area contributed by atoms with Crippen molar-refractivity contribution in [2.24, 2.45) is 5.92 Å². The SMILES string of the molecule is Cc1ccc(F)c(C(=O)NCC2CCCCC2O)c1F. The van der Waals surface area contributed by atoms with Crippen molar-refractivity contribution in [3.05, 3.63) is 34.9 Å². The molecule has 0 aliphatic heterocycles. The summed E-state index contributed by atoms with van der Waals surface area (Å²) in [7, 11) is 0. The number of halogens is 2. The first-order valence-electron chi connectivity index (χ1n) is 6.91. The zero-order valence-electron chi connectivity index (χ0n) is 11.5. The van der Waals surface area contributed by atoms with E-state index in [4.69, 9.17) is 0 Å². The average molecular weight is 283 g/mol. The number of rotatable bonds is 3. The average Bonchev–Trinajstić information content (AvgIpc) is 2.42. The van der Waals surface area contributed by atoms with Gasteiger partial charge in [-0.15, -0.1) is 0 Å². The van der Waals surface area contributed by atoms with Crippen LogP contribution in [0.2, 0.25) is 0 Å². The highest BCUT2D eigenvalue weighted by atomic mass is 19.1. The van der Waals surface area contributed by atoms with Gasteiger partial charge in [0.1, 0.15) is 17.2 Å². The molecule has 2 unspecified atom stereocenters. The number of carbonyl (C=O) groups excluding carboxylic acids is 1. The molecular formula is C15H19F2NO2. The number of aliphatic hydroxyl groups is 1. The Morgan fingerprint density at radius 2 is 2.05 bits per heavy atom. The molecule has 20 heavy (non-hydrogen) atoms. The van der Waals surface area contributed by atoms with Crippen LogP contribution in [-0.4, -0.2) is 23.7 Å². The molecule has 0 spiro atoms. The quantitative estimate of drug-likeness (QED) is 0.895. The molecule has 110 valence electrons. The third kappa shape index (κ3) is 3.15. The van der Waals surface area contributed by atoms with Crippen molar-refractivity contribution < 1.29 is 18.7 Å². The molecule has 1 aliphatic carbocycles. The lowest BCUT2D eigenvalue weighted by atomic mass is 9.86. The standard InChI is InChI=1S/C15H19F2NO2/c1-9-6-7-11(16)13(14(9)17)15(20)18-8-10-4-2-3-5-12(10)19/h6-7,10,12,19H,2-5,8H2,1H3,(H,18,20). The third-order valence-corrected chi connectivity index (χ3v) is 3.91. The first-order chi connectivity index (χ1) is 9.50. The van der Waals surface area contributed by atoms with Gasteiger partial charge < -0.3 is 10.4 Å². The second-order valence-electron chi connectivity index (χ2n) is 5.38. The van der Waals surface area contributed by atoms with Crippen LogP contribution >= 0.6 is 0 Å². The summed E-state index contributed by atoms with van der Waals surface area (Å²) in [5.41, 5.74) is -0.315. The van der Waals surface area contributed by atoms with Gasteiger partial charge in [-0.05, 0) is 31.4 Å². The van der Waals surface area contributed by atoms with E-state index in [0.717, 1.165) is 25.3 Å². The van der Waals surface area contributed by atoms with E-state index in [1.165, 1.54) is 13.0 Å². The van der Waals surface area contributed by atoms with Gasteiger partial charge >= 0.3 is 0 Å². The third-order valence-electron chi connectivity index (χ3n) is 3.91. The normalized spacial score (nSPS) is 22.6.